The van der Waals surface area contributed by atoms with Crippen molar-refractivity contribution in [1.82, 2.24) is 5.32 Å². The molecule has 1 rings (SSSR count). The highest BCUT2D eigenvalue weighted by Crippen LogP contribution is 2.42. The third-order valence-corrected chi connectivity index (χ3v) is 4.03. The molecular weight excluding hydrogens is 202 g/mol. The van der Waals surface area contributed by atoms with Gasteiger partial charge in [-0.1, -0.05) is 27.7 Å². The summed E-state index contributed by atoms with van der Waals surface area (Å²) in [6, 6.07) is 0.979. The SMILES string of the molecule is COCC(NC1CC(OC)C1(C)C)C(C)C. The van der Waals surface area contributed by atoms with E-state index in [1.807, 2.05) is 0 Å². The van der Waals surface area contributed by atoms with Crippen molar-refractivity contribution < 1.29 is 9.47 Å². The van der Waals surface area contributed by atoms with E-state index in [1.54, 1.807) is 14.2 Å². The van der Waals surface area contributed by atoms with E-state index in [9.17, 15) is 0 Å². The molecule has 0 amide bonds. The summed E-state index contributed by atoms with van der Waals surface area (Å²) in [6.45, 7) is 9.78. The Morgan fingerprint density at radius 2 is 1.94 bits per heavy atom. The Balaban J connectivity index is 2.48. The quantitative estimate of drug-likeness (QED) is 0.756. The molecule has 1 N–H and O–H groups in total. The van der Waals surface area contributed by atoms with Gasteiger partial charge in [-0.25, -0.2) is 0 Å². The van der Waals surface area contributed by atoms with Crippen LogP contribution in [0.4, 0.5) is 0 Å². The van der Waals surface area contributed by atoms with Crippen LogP contribution in [0.3, 0.4) is 0 Å². The lowest BCUT2D eigenvalue weighted by atomic mass is 9.64. The monoisotopic (exact) mass is 229 g/mol. The highest BCUT2D eigenvalue weighted by molar-refractivity contribution is 5.03. The third-order valence-electron chi connectivity index (χ3n) is 4.03. The molecule has 96 valence electrons. The van der Waals surface area contributed by atoms with E-state index >= 15 is 0 Å². The minimum atomic E-state index is 0.232. The van der Waals surface area contributed by atoms with Crippen molar-refractivity contribution in [3.05, 3.63) is 0 Å². The van der Waals surface area contributed by atoms with Crippen LogP contribution in [-0.4, -0.2) is 39.0 Å². The first-order valence-electron chi connectivity index (χ1n) is 6.21. The highest BCUT2D eigenvalue weighted by Gasteiger charge is 2.49. The second kappa shape index (κ2) is 5.48. The second-order valence-electron chi connectivity index (χ2n) is 5.81. The molecule has 1 fully saturated rings. The molecule has 0 heterocycles. The largest absolute Gasteiger partial charge is 0.383 e. The van der Waals surface area contributed by atoms with Crippen LogP contribution in [0.5, 0.6) is 0 Å². The van der Waals surface area contributed by atoms with E-state index in [4.69, 9.17) is 9.47 Å². The molecule has 0 aromatic carbocycles. The minimum absolute atomic E-state index is 0.232. The van der Waals surface area contributed by atoms with Crippen LogP contribution in [-0.2, 0) is 9.47 Å². The maximum atomic E-state index is 5.46. The molecule has 3 atom stereocenters. The van der Waals surface area contributed by atoms with Gasteiger partial charge in [-0.3, -0.25) is 0 Å². The van der Waals surface area contributed by atoms with Crippen molar-refractivity contribution in [2.24, 2.45) is 11.3 Å². The predicted molar refractivity (Wildman–Crippen MR) is 66.6 cm³/mol. The Kier molecular flexibility index (Phi) is 4.77. The van der Waals surface area contributed by atoms with Gasteiger partial charge in [0.2, 0.25) is 0 Å². The molecule has 0 radical (unpaired) electrons. The van der Waals surface area contributed by atoms with Crippen LogP contribution in [0.1, 0.15) is 34.1 Å². The molecule has 0 spiro atoms. The standard InChI is InChI=1S/C13H27NO2/c1-9(2)10(8-15-5)14-11-7-12(16-6)13(11,3)4/h9-12,14H,7-8H2,1-6H3. The average molecular weight is 229 g/mol. The molecule has 0 saturated heterocycles. The summed E-state index contributed by atoms with van der Waals surface area (Å²) in [5.74, 6) is 0.595. The Morgan fingerprint density at radius 3 is 2.31 bits per heavy atom. The summed E-state index contributed by atoms with van der Waals surface area (Å²) in [5, 5.41) is 3.70. The number of rotatable bonds is 6. The Bertz CT molecular complexity index is 216. The molecule has 16 heavy (non-hydrogen) atoms. The van der Waals surface area contributed by atoms with Crippen molar-refractivity contribution in [1.29, 1.82) is 0 Å². The highest BCUT2D eigenvalue weighted by atomic mass is 16.5. The van der Waals surface area contributed by atoms with Gasteiger partial charge in [-0.15, -0.1) is 0 Å². The van der Waals surface area contributed by atoms with Crippen LogP contribution < -0.4 is 5.32 Å². The molecule has 1 aliphatic carbocycles. The third kappa shape index (κ3) is 2.76. The average Bonchev–Trinajstić information content (AvgIpc) is 2.21. The van der Waals surface area contributed by atoms with Crippen molar-refractivity contribution in [3.63, 3.8) is 0 Å². The van der Waals surface area contributed by atoms with Crippen LogP contribution in [0.2, 0.25) is 0 Å². The van der Waals surface area contributed by atoms with Crippen molar-refractivity contribution in [2.45, 2.75) is 52.3 Å². The molecule has 3 heteroatoms. The smallest absolute Gasteiger partial charge is 0.0652 e. The van der Waals surface area contributed by atoms with Crippen LogP contribution >= 0.6 is 0 Å². The van der Waals surface area contributed by atoms with E-state index in [2.05, 4.69) is 33.0 Å². The van der Waals surface area contributed by atoms with Crippen LogP contribution in [0.15, 0.2) is 0 Å². The molecule has 0 aromatic rings. The fraction of sp³-hybridized carbons (Fsp3) is 1.00. The molecule has 1 saturated carbocycles. The summed E-state index contributed by atoms with van der Waals surface area (Å²) in [6.07, 6.45) is 1.50. The van der Waals surface area contributed by atoms with Crippen molar-refractivity contribution in [2.75, 3.05) is 20.8 Å². The van der Waals surface area contributed by atoms with Gasteiger partial charge in [0.15, 0.2) is 0 Å². The molecule has 3 nitrogen and oxygen atoms in total. The summed E-state index contributed by atoms with van der Waals surface area (Å²) in [5.41, 5.74) is 0.232. The van der Waals surface area contributed by atoms with E-state index < -0.39 is 0 Å². The summed E-state index contributed by atoms with van der Waals surface area (Å²) < 4.78 is 10.7. The maximum absolute atomic E-state index is 5.46. The minimum Gasteiger partial charge on any atom is -0.383 e. The van der Waals surface area contributed by atoms with Gasteiger partial charge < -0.3 is 14.8 Å². The van der Waals surface area contributed by atoms with E-state index in [-0.39, 0.29) is 5.41 Å². The zero-order chi connectivity index (χ0) is 12.3. The number of ether oxygens (including phenoxy) is 2. The number of methoxy groups -OCH3 is 2. The van der Waals surface area contributed by atoms with E-state index in [1.165, 1.54) is 0 Å². The molecule has 0 aliphatic heterocycles. The van der Waals surface area contributed by atoms with Crippen molar-refractivity contribution >= 4 is 0 Å². The normalized spacial score (nSPS) is 30.2. The van der Waals surface area contributed by atoms with Gasteiger partial charge in [0.25, 0.3) is 0 Å². The number of hydrogen-bond donors (Lipinski definition) is 1. The zero-order valence-corrected chi connectivity index (χ0v) is 11.5. The van der Waals surface area contributed by atoms with Crippen molar-refractivity contribution in [3.8, 4) is 0 Å². The lowest BCUT2D eigenvalue weighted by Crippen LogP contribution is -2.63. The van der Waals surface area contributed by atoms with Gasteiger partial charge in [0, 0.05) is 31.7 Å². The second-order valence-corrected chi connectivity index (χ2v) is 5.81. The predicted octanol–water partition coefficient (Wildman–Crippen LogP) is 2.06. The summed E-state index contributed by atoms with van der Waals surface area (Å²) in [4.78, 5) is 0. The van der Waals surface area contributed by atoms with Gasteiger partial charge in [0.1, 0.15) is 0 Å². The molecule has 0 aromatic heterocycles. The molecule has 1 aliphatic rings. The first kappa shape index (κ1) is 13.9. The molecule has 0 bridgehead atoms. The first-order valence-corrected chi connectivity index (χ1v) is 6.21. The Morgan fingerprint density at radius 1 is 1.31 bits per heavy atom. The van der Waals surface area contributed by atoms with Gasteiger partial charge in [-0.05, 0) is 12.3 Å². The lowest BCUT2D eigenvalue weighted by molar-refractivity contribution is -0.103. The number of hydrogen-bond acceptors (Lipinski definition) is 3. The summed E-state index contributed by atoms with van der Waals surface area (Å²) >= 11 is 0. The van der Waals surface area contributed by atoms with Crippen LogP contribution in [0.25, 0.3) is 0 Å². The van der Waals surface area contributed by atoms with Crippen LogP contribution in [0, 0.1) is 11.3 Å². The van der Waals surface area contributed by atoms with E-state index in [0.717, 1.165) is 13.0 Å². The fourth-order valence-electron chi connectivity index (χ4n) is 2.44. The fourth-order valence-corrected chi connectivity index (χ4v) is 2.44. The zero-order valence-electron chi connectivity index (χ0n) is 11.5. The first-order chi connectivity index (χ1) is 7.43. The maximum Gasteiger partial charge on any atom is 0.0652 e. The topological polar surface area (TPSA) is 30.5 Å². The Labute approximate surface area is 99.9 Å². The summed E-state index contributed by atoms with van der Waals surface area (Å²) in [7, 11) is 3.57. The number of nitrogens with one attached hydrogen (secondary N) is 1. The molecule has 3 unspecified atom stereocenters. The van der Waals surface area contributed by atoms with Gasteiger partial charge in [-0.2, -0.15) is 0 Å². The molecular formula is C13H27NO2. The Hall–Kier alpha value is -0.120. The van der Waals surface area contributed by atoms with E-state index in [0.29, 0.717) is 24.1 Å². The van der Waals surface area contributed by atoms with Gasteiger partial charge in [0.05, 0.1) is 12.7 Å². The van der Waals surface area contributed by atoms with Gasteiger partial charge >= 0.3 is 0 Å². The lowest BCUT2D eigenvalue weighted by Gasteiger charge is -2.52.